The van der Waals surface area contributed by atoms with Crippen LogP contribution in [-0.4, -0.2) is 27.0 Å². The molecular weight excluding hydrogens is 264 g/mol. The van der Waals surface area contributed by atoms with Crippen LogP contribution in [-0.2, 0) is 0 Å². The van der Waals surface area contributed by atoms with Crippen LogP contribution < -0.4 is 10.1 Å². The standard InChI is InChI=1S/C16H24N4O/c1-3-8-17-14-11-20-10-9-18-15(20)16(19-14)21-13-6-4-12(2)5-7-13/h9-13,17H,3-8H2,1-2H3. The summed E-state index contributed by atoms with van der Waals surface area (Å²) in [7, 11) is 0. The molecule has 1 N–H and O–H groups in total. The van der Waals surface area contributed by atoms with Gasteiger partial charge >= 0.3 is 0 Å². The smallest absolute Gasteiger partial charge is 0.260 e. The minimum absolute atomic E-state index is 0.274. The predicted molar refractivity (Wildman–Crippen MR) is 83.8 cm³/mol. The fraction of sp³-hybridized carbons (Fsp3) is 0.625. The topological polar surface area (TPSA) is 51.5 Å². The summed E-state index contributed by atoms with van der Waals surface area (Å²) in [5.41, 5.74) is 0.802. The summed E-state index contributed by atoms with van der Waals surface area (Å²) in [4.78, 5) is 8.98. The lowest BCUT2D eigenvalue weighted by Gasteiger charge is -2.26. The zero-order chi connectivity index (χ0) is 14.7. The molecule has 0 aliphatic heterocycles. The van der Waals surface area contributed by atoms with Gasteiger partial charge < -0.3 is 10.1 Å². The van der Waals surface area contributed by atoms with Crippen molar-refractivity contribution in [2.75, 3.05) is 11.9 Å². The van der Waals surface area contributed by atoms with Crippen LogP contribution in [0.5, 0.6) is 5.88 Å². The second-order valence-electron chi connectivity index (χ2n) is 6.02. The van der Waals surface area contributed by atoms with Gasteiger partial charge in [0.05, 0.1) is 6.20 Å². The number of ether oxygens (including phenoxy) is 1. The van der Waals surface area contributed by atoms with Crippen LogP contribution >= 0.6 is 0 Å². The highest BCUT2D eigenvalue weighted by Gasteiger charge is 2.21. The molecule has 21 heavy (non-hydrogen) atoms. The predicted octanol–water partition coefficient (Wildman–Crippen LogP) is 3.51. The lowest BCUT2D eigenvalue weighted by Crippen LogP contribution is -2.24. The maximum Gasteiger partial charge on any atom is 0.260 e. The van der Waals surface area contributed by atoms with Crippen LogP contribution in [0.4, 0.5) is 5.82 Å². The van der Waals surface area contributed by atoms with E-state index in [9.17, 15) is 0 Å². The Hall–Kier alpha value is -1.78. The molecule has 0 aromatic carbocycles. The number of fused-ring (bicyclic) bond motifs is 1. The highest BCUT2D eigenvalue weighted by molar-refractivity contribution is 5.53. The average Bonchev–Trinajstić information content (AvgIpc) is 2.96. The van der Waals surface area contributed by atoms with E-state index >= 15 is 0 Å². The molecule has 2 heterocycles. The zero-order valence-corrected chi connectivity index (χ0v) is 12.9. The number of imidazole rings is 1. The Kier molecular flexibility index (Phi) is 4.27. The largest absolute Gasteiger partial charge is 0.472 e. The van der Waals surface area contributed by atoms with Crippen molar-refractivity contribution >= 4 is 11.5 Å². The SMILES string of the molecule is CCCNc1cn2ccnc2c(OC2CCC(C)CC2)n1. The maximum atomic E-state index is 6.16. The molecule has 3 rings (SSSR count). The molecule has 0 amide bonds. The summed E-state index contributed by atoms with van der Waals surface area (Å²) >= 11 is 0. The van der Waals surface area contributed by atoms with E-state index in [1.54, 1.807) is 6.20 Å². The van der Waals surface area contributed by atoms with E-state index in [-0.39, 0.29) is 6.10 Å². The third-order valence-corrected chi connectivity index (χ3v) is 4.14. The lowest BCUT2D eigenvalue weighted by atomic mass is 9.89. The Bertz CT molecular complexity index is 587. The van der Waals surface area contributed by atoms with Gasteiger partial charge in [0.25, 0.3) is 5.88 Å². The molecule has 1 aliphatic rings. The number of aromatic nitrogens is 3. The van der Waals surface area contributed by atoms with Crippen LogP contribution in [0.3, 0.4) is 0 Å². The Balaban J connectivity index is 1.80. The monoisotopic (exact) mass is 288 g/mol. The van der Waals surface area contributed by atoms with E-state index < -0.39 is 0 Å². The van der Waals surface area contributed by atoms with Gasteiger partial charge in [0.1, 0.15) is 11.9 Å². The van der Waals surface area contributed by atoms with E-state index in [0.29, 0.717) is 5.88 Å². The third-order valence-electron chi connectivity index (χ3n) is 4.14. The third kappa shape index (κ3) is 3.28. The van der Waals surface area contributed by atoms with Gasteiger partial charge in [-0.25, -0.2) is 4.98 Å². The molecule has 0 atom stereocenters. The van der Waals surface area contributed by atoms with E-state index in [2.05, 4.69) is 29.1 Å². The number of nitrogens with one attached hydrogen (secondary N) is 1. The molecule has 0 radical (unpaired) electrons. The molecule has 0 saturated heterocycles. The minimum atomic E-state index is 0.274. The van der Waals surface area contributed by atoms with Gasteiger partial charge in [0, 0.05) is 18.9 Å². The minimum Gasteiger partial charge on any atom is -0.472 e. The average molecular weight is 288 g/mol. The van der Waals surface area contributed by atoms with Gasteiger partial charge in [-0.1, -0.05) is 13.8 Å². The van der Waals surface area contributed by atoms with Gasteiger partial charge in [0.15, 0.2) is 0 Å². The summed E-state index contributed by atoms with van der Waals surface area (Å²) in [5, 5.41) is 3.32. The number of anilines is 1. The van der Waals surface area contributed by atoms with E-state index in [0.717, 1.165) is 43.2 Å². The number of nitrogens with zero attached hydrogens (tertiary/aromatic N) is 3. The Morgan fingerprint density at radius 2 is 2.14 bits per heavy atom. The highest BCUT2D eigenvalue weighted by Crippen LogP contribution is 2.28. The van der Waals surface area contributed by atoms with Crippen molar-refractivity contribution in [3.05, 3.63) is 18.6 Å². The van der Waals surface area contributed by atoms with Crippen molar-refractivity contribution < 1.29 is 4.74 Å². The Morgan fingerprint density at radius 3 is 2.90 bits per heavy atom. The summed E-state index contributed by atoms with van der Waals surface area (Å²) in [6.45, 7) is 5.37. The van der Waals surface area contributed by atoms with E-state index in [4.69, 9.17) is 4.74 Å². The number of rotatable bonds is 5. The van der Waals surface area contributed by atoms with Gasteiger partial charge in [-0.05, 0) is 38.0 Å². The molecule has 2 aromatic heterocycles. The first-order valence-corrected chi connectivity index (χ1v) is 8.00. The normalized spacial score (nSPS) is 22.4. The van der Waals surface area contributed by atoms with Crippen molar-refractivity contribution in [1.29, 1.82) is 0 Å². The highest BCUT2D eigenvalue weighted by atomic mass is 16.5. The van der Waals surface area contributed by atoms with Crippen LogP contribution in [0.25, 0.3) is 5.65 Å². The molecule has 5 nitrogen and oxygen atoms in total. The molecule has 1 fully saturated rings. The number of hydrogen-bond acceptors (Lipinski definition) is 4. The quantitative estimate of drug-likeness (QED) is 0.914. The molecule has 0 unspecified atom stereocenters. The second kappa shape index (κ2) is 6.33. The first-order chi connectivity index (χ1) is 10.3. The van der Waals surface area contributed by atoms with Crippen LogP contribution in [0, 0.1) is 5.92 Å². The van der Waals surface area contributed by atoms with Gasteiger partial charge in [-0.15, -0.1) is 0 Å². The molecule has 1 saturated carbocycles. The van der Waals surface area contributed by atoms with Crippen molar-refractivity contribution in [1.82, 2.24) is 14.4 Å². The van der Waals surface area contributed by atoms with E-state index in [1.807, 2.05) is 16.8 Å². The molecule has 0 spiro atoms. The van der Waals surface area contributed by atoms with Crippen LogP contribution in [0.2, 0.25) is 0 Å². The fourth-order valence-corrected chi connectivity index (χ4v) is 2.83. The van der Waals surface area contributed by atoms with Crippen LogP contribution in [0.1, 0.15) is 46.0 Å². The van der Waals surface area contributed by atoms with E-state index in [1.165, 1.54) is 12.8 Å². The fourth-order valence-electron chi connectivity index (χ4n) is 2.83. The first-order valence-electron chi connectivity index (χ1n) is 8.00. The molecule has 114 valence electrons. The van der Waals surface area contributed by atoms with Crippen molar-refractivity contribution in [3.8, 4) is 5.88 Å². The van der Waals surface area contributed by atoms with Gasteiger partial charge in [0.2, 0.25) is 5.65 Å². The summed E-state index contributed by atoms with van der Waals surface area (Å²) < 4.78 is 8.14. The van der Waals surface area contributed by atoms with Gasteiger partial charge in [-0.3, -0.25) is 4.40 Å². The lowest BCUT2D eigenvalue weighted by molar-refractivity contribution is 0.131. The van der Waals surface area contributed by atoms with Crippen molar-refractivity contribution in [3.63, 3.8) is 0 Å². The summed E-state index contributed by atoms with van der Waals surface area (Å²) in [6, 6.07) is 0. The molecule has 5 heteroatoms. The van der Waals surface area contributed by atoms with Crippen LogP contribution in [0.15, 0.2) is 18.6 Å². The van der Waals surface area contributed by atoms with Crippen molar-refractivity contribution in [2.24, 2.45) is 5.92 Å². The summed E-state index contributed by atoms with van der Waals surface area (Å²) in [5.74, 6) is 2.32. The molecule has 2 aromatic rings. The first kappa shape index (κ1) is 14.2. The second-order valence-corrected chi connectivity index (χ2v) is 6.02. The Labute approximate surface area is 125 Å². The zero-order valence-electron chi connectivity index (χ0n) is 12.9. The maximum absolute atomic E-state index is 6.16. The molecule has 0 bridgehead atoms. The number of hydrogen-bond donors (Lipinski definition) is 1. The van der Waals surface area contributed by atoms with Crippen molar-refractivity contribution in [2.45, 2.75) is 52.1 Å². The molecule has 1 aliphatic carbocycles. The van der Waals surface area contributed by atoms with Gasteiger partial charge in [-0.2, -0.15) is 4.98 Å². The Morgan fingerprint density at radius 1 is 1.33 bits per heavy atom. The molecular formula is C16H24N4O. The summed E-state index contributed by atoms with van der Waals surface area (Å²) in [6.07, 6.45) is 11.7.